The molecule has 1 saturated heterocycles. The normalized spacial score (nSPS) is 24.5. The number of carbonyl (C=O) groups is 5. The maximum Gasteiger partial charge on any atom is 0.389 e. The Morgan fingerprint density at radius 2 is 1.65 bits per heavy atom. The number of likely N-dealkylation sites (tertiary alicyclic amines) is 1. The topological polar surface area (TPSA) is 146 Å². The monoisotopic (exact) mass is 685 g/mol. The van der Waals surface area contributed by atoms with Gasteiger partial charge in [0.25, 0.3) is 5.91 Å². The Morgan fingerprint density at radius 3 is 2.19 bits per heavy atom. The summed E-state index contributed by atoms with van der Waals surface area (Å²) in [4.78, 5) is 68.8. The Morgan fingerprint density at radius 1 is 1.02 bits per heavy atom. The van der Waals surface area contributed by atoms with Crippen LogP contribution in [0.4, 0.5) is 18.0 Å². The first kappa shape index (κ1) is 39.3. The van der Waals surface area contributed by atoms with Gasteiger partial charge in [-0.1, -0.05) is 60.5 Å². The Bertz CT molecular complexity index is 1230. The highest BCUT2D eigenvalue weighted by Gasteiger charge is 2.70. The van der Waals surface area contributed by atoms with Gasteiger partial charge in [-0.25, -0.2) is 4.79 Å². The number of nitrogens with zero attached hydrogens (tertiary/aromatic N) is 1. The number of piperidine rings is 1. The average Bonchev–Trinajstić information content (AvgIpc) is 3.36. The fourth-order valence-electron chi connectivity index (χ4n) is 7.30. The van der Waals surface area contributed by atoms with Crippen molar-refractivity contribution in [1.82, 2.24) is 26.2 Å². The number of ether oxygens (including phenoxy) is 1. The van der Waals surface area contributed by atoms with Crippen LogP contribution < -0.4 is 21.3 Å². The maximum absolute atomic E-state index is 14.5. The molecular weight excluding hydrogens is 631 g/mol. The molecule has 4 N–H and O–H groups in total. The van der Waals surface area contributed by atoms with Gasteiger partial charge in [-0.2, -0.15) is 13.2 Å². The minimum atomic E-state index is -4.63. The van der Waals surface area contributed by atoms with Crippen LogP contribution in [0, 0.1) is 28.1 Å². The zero-order chi connectivity index (χ0) is 36.2. The van der Waals surface area contributed by atoms with Gasteiger partial charge in [0.15, 0.2) is 0 Å². The van der Waals surface area contributed by atoms with Gasteiger partial charge < -0.3 is 30.9 Å². The van der Waals surface area contributed by atoms with Crippen molar-refractivity contribution in [2.45, 2.75) is 117 Å². The summed E-state index contributed by atoms with van der Waals surface area (Å²) in [6.45, 7) is 17.9. The lowest BCUT2D eigenvalue weighted by Gasteiger charge is -2.40. The van der Waals surface area contributed by atoms with E-state index in [4.69, 9.17) is 4.74 Å². The molecule has 1 heterocycles. The number of alkyl halides is 3. The quantitative estimate of drug-likeness (QED) is 0.152. The lowest BCUT2D eigenvalue weighted by molar-refractivity contribution is -0.148. The summed E-state index contributed by atoms with van der Waals surface area (Å²) >= 11 is 0. The van der Waals surface area contributed by atoms with E-state index in [-0.39, 0.29) is 48.4 Å². The van der Waals surface area contributed by atoms with Crippen LogP contribution >= 0.6 is 0 Å². The number of hydrogen-bond acceptors (Lipinski definition) is 6. The highest BCUT2D eigenvalue weighted by atomic mass is 19.4. The molecule has 1 aliphatic heterocycles. The molecule has 3 fully saturated rings. The van der Waals surface area contributed by atoms with Crippen LogP contribution in [0.2, 0.25) is 0 Å². The van der Waals surface area contributed by atoms with Crippen LogP contribution in [-0.4, -0.2) is 91.1 Å². The molecule has 48 heavy (non-hydrogen) atoms. The molecule has 0 spiro atoms. The third-order valence-corrected chi connectivity index (χ3v) is 10.5. The van der Waals surface area contributed by atoms with E-state index in [0.29, 0.717) is 19.4 Å². The van der Waals surface area contributed by atoms with Gasteiger partial charge in [0.1, 0.15) is 12.1 Å². The summed E-state index contributed by atoms with van der Waals surface area (Å²) in [5.41, 5.74) is -1.30. The van der Waals surface area contributed by atoms with Gasteiger partial charge in [0, 0.05) is 26.1 Å². The molecule has 3 rings (SSSR count). The van der Waals surface area contributed by atoms with Gasteiger partial charge in [-0.05, 0) is 54.3 Å². The number of halogens is 3. The lowest BCUT2D eigenvalue weighted by atomic mass is 9.79. The van der Waals surface area contributed by atoms with Crippen LogP contribution in [-0.2, 0) is 23.9 Å². The van der Waals surface area contributed by atoms with Gasteiger partial charge in [0.2, 0.25) is 17.6 Å². The van der Waals surface area contributed by atoms with Crippen molar-refractivity contribution >= 4 is 29.5 Å². The van der Waals surface area contributed by atoms with E-state index in [1.165, 1.54) is 11.0 Å². The molecule has 14 heteroatoms. The second kappa shape index (κ2) is 15.2. The average molecular weight is 686 g/mol. The Balaban J connectivity index is 1.89. The van der Waals surface area contributed by atoms with E-state index in [1.54, 1.807) is 0 Å². The minimum Gasteiger partial charge on any atom is -0.380 e. The van der Waals surface area contributed by atoms with Crippen LogP contribution in [0.25, 0.3) is 0 Å². The number of carbonyl (C=O) groups excluding carboxylic acids is 5. The van der Waals surface area contributed by atoms with Crippen molar-refractivity contribution in [3.8, 4) is 0 Å². The SMILES string of the molecule is C=CCNC(=O)C(=O)C(CCC(F)(F)F)NC(=O)[C@@H]1[C@@H]2[C@H](CN1C(=O)[C@@H](NC(=O)N[C@H](COCC)C(C)(C)C)C1(C)CCCC1)C2(C)C. The van der Waals surface area contributed by atoms with E-state index in [1.807, 2.05) is 48.5 Å². The zero-order valence-electron chi connectivity index (χ0n) is 29.4. The maximum atomic E-state index is 14.5. The molecule has 6 atom stereocenters. The Hall–Kier alpha value is -3.16. The first-order chi connectivity index (χ1) is 22.2. The Kier molecular flexibility index (Phi) is 12.4. The molecule has 1 unspecified atom stereocenters. The van der Waals surface area contributed by atoms with E-state index in [0.717, 1.165) is 12.8 Å². The number of amides is 5. The molecule has 272 valence electrons. The van der Waals surface area contributed by atoms with Crippen LogP contribution in [0.3, 0.4) is 0 Å². The summed E-state index contributed by atoms with van der Waals surface area (Å²) in [6, 6.07) is -4.76. The fourth-order valence-corrected chi connectivity index (χ4v) is 7.30. The molecule has 0 aromatic heterocycles. The van der Waals surface area contributed by atoms with Crippen molar-refractivity contribution in [3.05, 3.63) is 12.7 Å². The molecule has 2 saturated carbocycles. The lowest BCUT2D eigenvalue weighted by Crippen LogP contribution is -2.63. The number of Topliss-reactive ketones (excluding diaryl/α,β-unsaturated/α-hetero) is 1. The van der Waals surface area contributed by atoms with Crippen LogP contribution in [0.1, 0.15) is 87.0 Å². The molecule has 5 amide bonds. The highest BCUT2D eigenvalue weighted by molar-refractivity contribution is 6.38. The number of urea groups is 1. The first-order valence-electron chi connectivity index (χ1n) is 16.9. The van der Waals surface area contributed by atoms with E-state index >= 15 is 0 Å². The largest absolute Gasteiger partial charge is 0.389 e. The molecule has 0 aromatic carbocycles. The van der Waals surface area contributed by atoms with E-state index in [9.17, 15) is 37.1 Å². The minimum absolute atomic E-state index is 0.0697. The second-order valence-corrected chi connectivity index (χ2v) is 15.5. The van der Waals surface area contributed by atoms with Gasteiger partial charge >= 0.3 is 12.2 Å². The van der Waals surface area contributed by atoms with Crippen LogP contribution in [0.15, 0.2) is 12.7 Å². The van der Waals surface area contributed by atoms with Crippen molar-refractivity contribution in [2.75, 3.05) is 26.3 Å². The molecular formula is C34H54F3N5O6. The molecule has 11 nitrogen and oxygen atoms in total. The zero-order valence-corrected chi connectivity index (χ0v) is 29.4. The van der Waals surface area contributed by atoms with Gasteiger partial charge in [0.05, 0.1) is 18.7 Å². The summed E-state index contributed by atoms with van der Waals surface area (Å²) in [6.07, 6.45) is -2.51. The third-order valence-electron chi connectivity index (χ3n) is 10.5. The highest BCUT2D eigenvalue weighted by Crippen LogP contribution is 2.65. The van der Waals surface area contributed by atoms with Gasteiger partial charge in [-0.3, -0.25) is 19.2 Å². The number of hydrogen-bond donors (Lipinski definition) is 4. The first-order valence-corrected chi connectivity index (χ1v) is 16.9. The van der Waals surface area contributed by atoms with Crippen molar-refractivity contribution < 1.29 is 41.9 Å². The fraction of sp³-hybridized carbons (Fsp3) is 0.794. The second-order valence-electron chi connectivity index (χ2n) is 15.5. The smallest absolute Gasteiger partial charge is 0.380 e. The molecule has 0 bridgehead atoms. The molecule has 3 aliphatic rings. The molecule has 2 aliphatic carbocycles. The number of rotatable bonds is 15. The summed E-state index contributed by atoms with van der Waals surface area (Å²) < 4.78 is 45.2. The van der Waals surface area contributed by atoms with Crippen molar-refractivity contribution in [2.24, 2.45) is 28.1 Å². The van der Waals surface area contributed by atoms with E-state index in [2.05, 4.69) is 27.8 Å². The molecule has 0 aromatic rings. The molecule has 0 radical (unpaired) electrons. The summed E-state index contributed by atoms with van der Waals surface area (Å²) in [5.74, 6) is -4.02. The number of nitrogens with one attached hydrogen (secondary N) is 4. The predicted octanol–water partition coefficient (Wildman–Crippen LogP) is 3.87. The summed E-state index contributed by atoms with van der Waals surface area (Å²) in [7, 11) is 0. The number of ketones is 1. The third kappa shape index (κ3) is 9.29. The van der Waals surface area contributed by atoms with Crippen molar-refractivity contribution in [1.29, 1.82) is 0 Å². The van der Waals surface area contributed by atoms with Crippen molar-refractivity contribution in [3.63, 3.8) is 0 Å². The number of fused-ring (bicyclic) bond motifs is 1. The summed E-state index contributed by atoms with van der Waals surface area (Å²) in [5, 5.41) is 10.6. The van der Waals surface area contributed by atoms with Gasteiger partial charge in [-0.15, -0.1) is 6.58 Å². The van der Waals surface area contributed by atoms with E-state index < -0.39 is 72.1 Å². The predicted molar refractivity (Wildman–Crippen MR) is 173 cm³/mol. The van der Waals surface area contributed by atoms with Crippen LogP contribution in [0.5, 0.6) is 0 Å². The Labute approximate surface area is 281 Å². The standard InChI is InChI=1S/C34H54F3N5O6/c1-9-17-38-28(45)25(43)21(13-16-34(35,36)37)39-27(44)24-23-20(32(23,6)7)18-42(24)29(46)26(33(8)14-11-12-15-33)41-30(47)40-22(19-48-10-2)31(3,4)5/h9,20-24,26H,1,10-19H2,2-8H3,(H,38,45)(H,39,44)(H2,40,41,47)/t20-,21?,22+,23-,24-,26+/m0/s1.